The zero-order valence-corrected chi connectivity index (χ0v) is 12.1. The van der Waals surface area contributed by atoms with Crippen molar-refractivity contribution >= 4 is 17.2 Å². The minimum Gasteiger partial charge on any atom is -0.355 e. The Kier molecular flexibility index (Phi) is 3.58. The molecule has 1 aliphatic carbocycles. The lowest BCUT2D eigenvalue weighted by Crippen LogP contribution is -2.34. The molecule has 1 aliphatic heterocycles. The van der Waals surface area contributed by atoms with E-state index in [9.17, 15) is 4.79 Å². The lowest BCUT2D eigenvalue weighted by atomic mass is 9.92. The SMILES string of the molecule is CC(CNC(=O)C1CC12CCNCC2)c1nccs1. The van der Waals surface area contributed by atoms with Gasteiger partial charge < -0.3 is 10.6 Å². The highest BCUT2D eigenvalue weighted by Crippen LogP contribution is 2.58. The fraction of sp³-hybridized carbons (Fsp3) is 0.714. The molecule has 0 aromatic carbocycles. The summed E-state index contributed by atoms with van der Waals surface area (Å²) in [4.78, 5) is 16.5. The first-order chi connectivity index (χ1) is 9.21. The molecule has 1 amide bonds. The summed E-state index contributed by atoms with van der Waals surface area (Å²) in [5.74, 6) is 0.829. The Morgan fingerprint density at radius 1 is 1.63 bits per heavy atom. The summed E-state index contributed by atoms with van der Waals surface area (Å²) < 4.78 is 0. The fourth-order valence-electron chi connectivity index (χ4n) is 3.14. The summed E-state index contributed by atoms with van der Waals surface area (Å²) in [5, 5.41) is 9.57. The Morgan fingerprint density at radius 2 is 2.42 bits per heavy atom. The summed E-state index contributed by atoms with van der Waals surface area (Å²) >= 11 is 1.66. The largest absolute Gasteiger partial charge is 0.355 e. The molecule has 2 atom stereocenters. The normalized spacial score (nSPS) is 26.1. The van der Waals surface area contributed by atoms with Gasteiger partial charge in [0.05, 0.1) is 5.01 Å². The molecule has 1 saturated heterocycles. The number of nitrogens with zero attached hydrogens (tertiary/aromatic N) is 1. The number of piperidine rings is 1. The Balaban J connectivity index is 1.47. The van der Waals surface area contributed by atoms with Crippen LogP contribution in [-0.4, -0.2) is 30.5 Å². The van der Waals surface area contributed by atoms with Crippen LogP contribution in [-0.2, 0) is 4.79 Å². The van der Waals surface area contributed by atoms with Gasteiger partial charge in [0.1, 0.15) is 0 Å². The molecule has 2 aliphatic rings. The molecule has 104 valence electrons. The summed E-state index contributed by atoms with van der Waals surface area (Å²) in [6, 6.07) is 0. The second-order valence-corrected chi connectivity index (χ2v) is 6.81. The van der Waals surface area contributed by atoms with Crippen molar-refractivity contribution in [1.29, 1.82) is 0 Å². The standard InChI is InChI=1S/C14H21N3OS/c1-10(13-16-6-7-19-13)9-17-12(18)11-8-14(11)2-4-15-5-3-14/h6-7,10-11,15H,2-5,8-9H2,1H3,(H,17,18). The molecule has 2 unspecified atom stereocenters. The molecule has 1 saturated carbocycles. The number of hydrogen-bond donors (Lipinski definition) is 2. The number of hydrogen-bond acceptors (Lipinski definition) is 4. The van der Waals surface area contributed by atoms with Crippen LogP contribution in [0.15, 0.2) is 11.6 Å². The highest BCUT2D eigenvalue weighted by atomic mass is 32.1. The molecule has 1 aromatic heterocycles. The Morgan fingerprint density at radius 3 is 3.11 bits per heavy atom. The van der Waals surface area contributed by atoms with Gasteiger partial charge in [-0.1, -0.05) is 6.92 Å². The number of nitrogens with one attached hydrogen (secondary N) is 2. The van der Waals surface area contributed by atoms with E-state index in [1.165, 1.54) is 0 Å². The maximum absolute atomic E-state index is 12.2. The van der Waals surface area contributed by atoms with Crippen molar-refractivity contribution in [2.75, 3.05) is 19.6 Å². The van der Waals surface area contributed by atoms with E-state index in [0.717, 1.165) is 37.4 Å². The van der Waals surface area contributed by atoms with E-state index in [0.29, 0.717) is 17.9 Å². The number of carbonyl (C=O) groups excluding carboxylic acids is 1. The predicted octanol–water partition coefficient (Wildman–Crippen LogP) is 1.75. The number of carbonyl (C=O) groups is 1. The maximum atomic E-state index is 12.2. The molecule has 2 fully saturated rings. The van der Waals surface area contributed by atoms with E-state index < -0.39 is 0 Å². The third kappa shape index (κ3) is 2.67. The smallest absolute Gasteiger partial charge is 0.223 e. The van der Waals surface area contributed by atoms with Crippen molar-refractivity contribution in [2.45, 2.75) is 32.1 Å². The van der Waals surface area contributed by atoms with Crippen LogP contribution in [0.25, 0.3) is 0 Å². The van der Waals surface area contributed by atoms with Crippen molar-refractivity contribution in [3.05, 3.63) is 16.6 Å². The molecule has 19 heavy (non-hydrogen) atoms. The average Bonchev–Trinajstić information content (AvgIpc) is 2.90. The number of amides is 1. The van der Waals surface area contributed by atoms with E-state index >= 15 is 0 Å². The molecule has 0 bridgehead atoms. The fourth-order valence-corrected chi connectivity index (χ4v) is 3.84. The van der Waals surface area contributed by atoms with Crippen molar-refractivity contribution < 1.29 is 4.79 Å². The van der Waals surface area contributed by atoms with E-state index in [2.05, 4.69) is 22.5 Å². The second-order valence-electron chi connectivity index (χ2n) is 5.89. The van der Waals surface area contributed by atoms with Crippen molar-refractivity contribution in [1.82, 2.24) is 15.6 Å². The van der Waals surface area contributed by atoms with Crippen LogP contribution >= 0.6 is 11.3 Å². The van der Waals surface area contributed by atoms with Gasteiger partial charge in [0, 0.05) is 30.0 Å². The van der Waals surface area contributed by atoms with Gasteiger partial charge in [0.2, 0.25) is 5.91 Å². The highest BCUT2D eigenvalue weighted by Gasteiger charge is 2.57. The van der Waals surface area contributed by atoms with Crippen LogP contribution in [0.2, 0.25) is 0 Å². The van der Waals surface area contributed by atoms with E-state index in [4.69, 9.17) is 0 Å². The Bertz CT molecular complexity index is 440. The highest BCUT2D eigenvalue weighted by molar-refractivity contribution is 7.09. The van der Waals surface area contributed by atoms with Gasteiger partial charge >= 0.3 is 0 Å². The molecule has 5 heteroatoms. The lowest BCUT2D eigenvalue weighted by Gasteiger charge is -2.23. The number of rotatable bonds is 4. The minimum absolute atomic E-state index is 0.255. The van der Waals surface area contributed by atoms with Crippen molar-refractivity contribution in [2.24, 2.45) is 11.3 Å². The van der Waals surface area contributed by atoms with Gasteiger partial charge in [-0.3, -0.25) is 4.79 Å². The Labute approximate surface area is 118 Å². The van der Waals surface area contributed by atoms with Gasteiger partial charge in [-0.05, 0) is 37.8 Å². The third-order valence-corrected chi connectivity index (χ3v) is 5.57. The zero-order chi connectivity index (χ0) is 13.3. The zero-order valence-electron chi connectivity index (χ0n) is 11.3. The molecular formula is C14H21N3OS. The molecular weight excluding hydrogens is 258 g/mol. The van der Waals surface area contributed by atoms with Crippen LogP contribution < -0.4 is 10.6 Å². The molecule has 0 radical (unpaired) electrons. The number of thiazole rings is 1. The summed E-state index contributed by atoms with van der Waals surface area (Å²) in [6.45, 7) is 4.96. The van der Waals surface area contributed by atoms with Crippen LogP contribution in [0.4, 0.5) is 0 Å². The first-order valence-corrected chi connectivity index (χ1v) is 7.97. The first kappa shape index (κ1) is 13.1. The lowest BCUT2D eigenvalue weighted by molar-refractivity contribution is -0.123. The summed E-state index contributed by atoms with van der Waals surface area (Å²) in [6.07, 6.45) is 5.23. The molecule has 1 spiro atoms. The van der Waals surface area contributed by atoms with Crippen LogP contribution in [0, 0.1) is 11.3 Å². The molecule has 3 rings (SSSR count). The topological polar surface area (TPSA) is 54.0 Å². The van der Waals surface area contributed by atoms with Gasteiger partial charge in [0.15, 0.2) is 0 Å². The van der Waals surface area contributed by atoms with Crippen LogP contribution in [0.3, 0.4) is 0 Å². The van der Waals surface area contributed by atoms with E-state index in [1.54, 1.807) is 11.3 Å². The second kappa shape index (κ2) is 5.21. The minimum atomic E-state index is 0.255. The van der Waals surface area contributed by atoms with Crippen molar-refractivity contribution in [3.8, 4) is 0 Å². The third-order valence-electron chi connectivity index (χ3n) is 4.56. The summed E-state index contributed by atoms with van der Waals surface area (Å²) in [7, 11) is 0. The molecule has 2 N–H and O–H groups in total. The molecule has 4 nitrogen and oxygen atoms in total. The predicted molar refractivity (Wildman–Crippen MR) is 76.2 cm³/mol. The summed E-state index contributed by atoms with van der Waals surface area (Å²) in [5.41, 5.74) is 0.333. The average molecular weight is 279 g/mol. The van der Waals surface area contributed by atoms with E-state index in [-0.39, 0.29) is 11.8 Å². The van der Waals surface area contributed by atoms with Gasteiger partial charge in [0.25, 0.3) is 0 Å². The van der Waals surface area contributed by atoms with Crippen LogP contribution in [0.5, 0.6) is 0 Å². The first-order valence-electron chi connectivity index (χ1n) is 7.09. The molecule has 1 aromatic rings. The Hall–Kier alpha value is -0.940. The quantitative estimate of drug-likeness (QED) is 0.883. The molecule has 2 heterocycles. The van der Waals surface area contributed by atoms with Gasteiger partial charge in [-0.2, -0.15) is 0 Å². The van der Waals surface area contributed by atoms with E-state index in [1.807, 2.05) is 11.6 Å². The van der Waals surface area contributed by atoms with Gasteiger partial charge in [-0.15, -0.1) is 11.3 Å². The monoisotopic (exact) mass is 279 g/mol. The van der Waals surface area contributed by atoms with Crippen LogP contribution in [0.1, 0.15) is 37.1 Å². The maximum Gasteiger partial charge on any atom is 0.223 e. The van der Waals surface area contributed by atoms with Gasteiger partial charge in [-0.25, -0.2) is 4.98 Å². The van der Waals surface area contributed by atoms with Crippen molar-refractivity contribution in [3.63, 3.8) is 0 Å². The number of aromatic nitrogens is 1.